The van der Waals surface area contributed by atoms with Gasteiger partial charge >= 0.3 is 0 Å². The number of aliphatic hydroxyl groups excluding tert-OH is 1. The molecule has 0 aliphatic rings. The van der Waals surface area contributed by atoms with Gasteiger partial charge in [0.1, 0.15) is 5.82 Å². The lowest BCUT2D eigenvalue weighted by Crippen LogP contribution is -2.04. The molecule has 2 aromatic rings. The van der Waals surface area contributed by atoms with E-state index in [1.54, 1.807) is 0 Å². The maximum Gasteiger partial charge on any atom is 0.111 e. The van der Waals surface area contributed by atoms with Gasteiger partial charge in [-0.2, -0.15) is 0 Å². The normalized spacial score (nSPS) is 10.9. The molecule has 0 amide bonds. The van der Waals surface area contributed by atoms with E-state index in [0.717, 1.165) is 23.0 Å². The van der Waals surface area contributed by atoms with E-state index in [1.165, 1.54) is 11.3 Å². The van der Waals surface area contributed by atoms with E-state index in [0.29, 0.717) is 6.42 Å². The Morgan fingerprint density at radius 3 is 2.83 bits per heavy atom. The summed E-state index contributed by atoms with van der Waals surface area (Å²) < 4.78 is 2.06. The van der Waals surface area contributed by atoms with Gasteiger partial charge in [0.2, 0.25) is 0 Å². The van der Waals surface area contributed by atoms with E-state index >= 15 is 0 Å². The van der Waals surface area contributed by atoms with Crippen molar-refractivity contribution in [3.05, 3.63) is 52.1 Å². The fourth-order valence-electron chi connectivity index (χ4n) is 2.14. The topological polar surface area (TPSA) is 38.1 Å². The molecule has 0 unspecified atom stereocenters. The number of halogens is 1. The van der Waals surface area contributed by atoms with Crippen molar-refractivity contribution in [2.24, 2.45) is 7.05 Å². The van der Waals surface area contributed by atoms with Gasteiger partial charge in [0.25, 0.3) is 0 Å². The first-order valence-electron chi connectivity index (χ1n) is 5.98. The summed E-state index contributed by atoms with van der Waals surface area (Å²) in [4.78, 5) is 4.49. The highest BCUT2D eigenvalue weighted by molar-refractivity contribution is 6.30. The standard InChI is InChI=1S/C14H17ClN2O/c1-10-13(17(2)14(16-10)6-7-18)9-11-4-3-5-12(15)8-11/h3-5,8,18H,6-7,9H2,1-2H3. The minimum absolute atomic E-state index is 0.126. The molecule has 0 aliphatic carbocycles. The molecule has 0 fully saturated rings. The van der Waals surface area contributed by atoms with Crippen molar-refractivity contribution in [1.29, 1.82) is 0 Å². The third-order valence-corrected chi connectivity index (χ3v) is 3.34. The summed E-state index contributed by atoms with van der Waals surface area (Å²) in [6.45, 7) is 2.13. The summed E-state index contributed by atoms with van der Waals surface area (Å²) in [5.74, 6) is 0.923. The SMILES string of the molecule is Cc1nc(CCO)n(C)c1Cc1cccc(Cl)c1. The zero-order chi connectivity index (χ0) is 13.1. The molecule has 0 spiro atoms. The Kier molecular flexibility index (Phi) is 4.04. The second kappa shape index (κ2) is 5.55. The van der Waals surface area contributed by atoms with Gasteiger partial charge < -0.3 is 9.67 Å². The molecule has 2 rings (SSSR count). The number of aryl methyl sites for hydroxylation is 1. The number of imidazole rings is 1. The molecular weight excluding hydrogens is 248 g/mol. The average Bonchev–Trinajstić information content (AvgIpc) is 2.58. The largest absolute Gasteiger partial charge is 0.396 e. The highest BCUT2D eigenvalue weighted by atomic mass is 35.5. The first kappa shape index (κ1) is 13.1. The lowest BCUT2D eigenvalue weighted by Gasteiger charge is -2.06. The van der Waals surface area contributed by atoms with Crippen LogP contribution >= 0.6 is 11.6 Å². The number of hydrogen-bond donors (Lipinski definition) is 1. The Hall–Kier alpha value is -1.32. The molecule has 0 saturated heterocycles. The van der Waals surface area contributed by atoms with Crippen LogP contribution in [0.2, 0.25) is 5.02 Å². The first-order chi connectivity index (χ1) is 8.61. The van der Waals surface area contributed by atoms with E-state index in [4.69, 9.17) is 16.7 Å². The molecule has 4 heteroatoms. The molecule has 1 N–H and O–H groups in total. The van der Waals surface area contributed by atoms with Crippen molar-refractivity contribution < 1.29 is 5.11 Å². The van der Waals surface area contributed by atoms with Crippen LogP contribution in [0.1, 0.15) is 22.8 Å². The number of hydrogen-bond acceptors (Lipinski definition) is 2. The number of nitrogens with zero attached hydrogens (tertiary/aromatic N) is 2. The van der Waals surface area contributed by atoms with Gasteiger partial charge in [-0.1, -0.05) is 23.7 Å². The van der Waals surface area contributed by atoms with Crippen molar-refractivity contribution in [3.8, 4) is 0 Å². The van der Waals surface area contributed by atoms with Crippen LogP contribution in [-0.4, -0.2) is 21.3 Å². The molecule has 1 heterocycles. The highest BCUT2D eigenvalue weighted by Crippen LogP contribution is 2.18. The molecule has 18 heavy (non-hydrogen) atoms. The van der Waals surface area contributed by atoms with Crippen LogP contribution in [-0.2, 0) is 19.9 Å². The Labute approximate surface area is 112 Å². The fourth-order valence-corrected chi connectivity index (χ4v) is 2.35. The van der Waals surface area contributed by atoms with Gasteiger partial charge in [0, 0.05) is 30.6 Å². The third-order valence-electron chi connectivity index (χ3n) is 3.10. The van der Waals surface area contributed by atoms with Crippen molar-refractivity contribution in [2.75, 3.05) is 6.61 Å². The van der Waals surface area contributed by atoms with Crippen molar-refractivity contribution in [2.45, 2.75) is 19.8 Å². The average molecular weight is 265 g/mol. The molecule has 1 aromatic heterocycles. The summed E-state index contributed by atoms with van der Waals surface area (Å²) in [6.07, 6.45) is 1.40. The Bertz CT molecular complexity index is 549. The fraction of sp³-hybridized carbons (Fsp3) is 0.357. The Balaban J connectivity index is 2.29. The predicted molar refractivity (Wildman–Crippen MR) is 73.0 cm³/mol. The second-order valence-electron chi connectivity index (χ2n) is 4.40. The quantitative estimate of drug-likeness (QED) is 0.922. The van der Waals surface area contributed by atoms with E-state index < -0.39 is 0 Å². The van der Waals surface area contributed by atoms with E-state index in [2.05, 4.69) is 15.6 Å². The number of benzene rings is 1. The summed E-state index contributed by atoms with van der Waals surface area (Å²) in [5.41, 5.74) is 3.35. The second-order valence-corrected chi connectivity index (χ2v) is 4.84. The van der Waals surface area contributed by atoms with E-state index in [9.17, 15) is 0 Å². The number of aliphatic hydroxyl groups is 1. The van der Waals surface area contributed by atoms with Crippen LogP contribution in [0.15, 0.2) is 24.3 Å². The van der Waals surface area contributed by atoms with Crippen molar-refractivity contribution >= 4 is 11.6 Å². The molecule has 0 radical (unpaired) electrons. The number of aromatic nitrogens is 2. The van der Waals surface area contributed by atoms with Crippen LogP contribution in [0.5, 0.6) is 0 Å². The van der Waals surface area contributed by atoms with E-state index in [-0.39, 0.29) is 6.61 Å². The maximum atomic E-state index is 9.00. The molecule has 0 saturated carbocycles. The minimum atomic E-state index is 0.126. The van der Waals surface area contributed by atoms with Crippen LogP contribution in [0.3, 0.4) is 0 Å². The summed E-state index contributed by atoms with van der Waals surface area (Å²) in [6, 6.07) is 7.86. The molecule has 0 aliphatic heterocycles. The third kappa shape index (κ3) is 2.74. The van der Waals surface area contributed by atoms with Crippen molar-refractivity contribution in [3.63, 3.8) is 0 Å². The molecule has 3 nitrogen and oxygen atoms in total. The van der Waals surface area contributed by atoms with Gasteiger partial charge in [-0.25, -0.2) is 4.98 Å². The van der Waals surface area contributed by atoms with Crippen LogP contribution < -0.4 is 0 Å². The maximum absolute atomic E-state index is 9.00. The van der Waals surface area contributed by atoms with Crippen LogP contribution in [0.4, 0.5) is 0 Å². The van der Waals surface area contributed by atoms with Gasteiger partial charge in [-0.15, -0.1) is 0 Å². The van der Waals surface area contributed by atoms with Gasteiger partial charge in [-0.3, -0.25) is 0 Å². The van der Waals surface area contributed by atoms with Crippen LogP contribution in [0, 0.1) is 6.92 Å². The number of rotatable bonds is 4. The van der Waals surface area contributed by atoms with Gasteiger partial charge in [0.05, 0.1) is 12.3 Å². The summed E-state index contributed by atoms with van der Waals surface area (Å²) >= 11 is 5.99. The molecule has 0 atom stereocenters. The molecule has 1 aromatic carbocycles. The van der Waals surface area contributed by atoms with Gasteiger partial charge in [-0.05, 0) is 24.6 Å². The Morgan fingerprint density at radius 1 is 1.39 bits per heavy atom. The summed E-state index contributed by atoms with van der Waals surface area (Å²) in [5, 5.41) is 9.75. The van der Waals surface area contributed by atoms with Gasteiger partial charge in [0.15, 0.2) is 0 Å². The lowest BCUT2D eigenvalue weighted by molar-refractivity contribution is 0.295. The predicted octanol–water partition coefficient (Wildman–Crippen LogP) is 2.51. The first-order valence-corrected chi connectivity index (χ1v) is 6.36. The molecular formula is C14H17ClN2O. The van der Waals surface area contributed by atoms with Crippen LogP contribution in [0.25, 0.3) is 0 Å². The van der Waals surface area contributed by atoms with E-state index in [1.807, 2.05) is 32.2 Å². The summed E-state index contributed by atoms with van der Waals surface area (Å²) in [7, 11) is 1.99. The molecule has 0 bridgehead atoms. The monoisotopic (exact) mass is 264 g/mol. The Morgan fingerprint density at radius 2 is 2.17 bits per heavy atom. The zero-order valence-corrected chi connectivity index (χ0v) is 11.4. The highest BCUT2D eigenvalue weighted by Gasteiger charge is 2.11. The minimum Gasteiger partial charge on any atom is -0.396 e. The molecule has 96 valence electrons. The lowest BCUT2D eigenvalue weighted by atomic mass is 10.1. The zero-order valence-electron chi connectivity index (χ0n) is 10.7. The van der Waals surface area contributed by atoms with Crippen molar-refractivity contribution in [1.82, 2.24) is 9.55 Å². The smallest absolute Gasteiger partial charge is 0.111 e.